The molecule has 0 radical (unpaired) electrons. The van der Waals surface area contributed by atoms with Crippen LogP contribution in [0.1, 0.15) is 47.5 Å². The molecule has 0 saturated heterocycles. The van der Waals surface area contributed by atoms with E-state index in [2.05, 4.69) is 50.8 Å². The smallest absolute Gasteiger partial charge is 0.142 e. The maximum absolute atomic E-state index is 12.6. The highest BCUT2D eigenvalue weighted by atomic mass is 28.3. The van der Waals surface area contributed by atoms with E-state index in [0.29, 0.717) is 6.42 Å². The number of azide groups is 1. The quantitative estimate of drug-likeness (QED) is 0.292. The second-order valence-electron chi connectivity index (χ2n) is 6.46. The van der Waals surface area contributed by atoms with Gasteiger partial charge in [0.25, 0.3) is 0 Å². The second kappa shape index (κ2) is 6.39. The van der Waals surface area contributed by atoms with Gasteiger partial charge in [-0.2, -0.15) is 0 Å². The van der Waals surface area contributed by atoms with Crippen molar-refractivity contribution in [3.05, 3.63) is 10.4 Å². The highest BCUT2D eigenvalue weighted by molar-refractivity contribution is 6.84. The average molecular weight is 269 g/mol. The van der Waals surface area contributed by atoms with Crippen molar-refractivity contribution < 1.29 is 4.79 Å². The lowest BCUT2D eigenvalue weighted by atomic mass is 10.1. The van der Waals surface area contributed by atoms with Gasteiger partial charge in [0.05, 0.1) is 14.1 Å². The average Bonchev–Trinajstić information content (AvgIpc) is 2.24. The van der Waals surface area contributed by atoms with Crippen molar-refractivity contribution in [3.63, 3.8) is 0 Å². The molecular weight excluding hydrogens is 242 g/mol. The highest BCUT2D eigenvalue weighted by Crippen LogP contribution is 2.45. The molecule has 0 aliphatic heterocycles. The molecule has 4 nitrogen and oxygen atoms in total. The Balaban J connectivity index is 5.33. The topological polar surface area (TPSA) is 65.8 Å². The van der Waals surface area contributed by atoms with E-state index in [1.165, 1.54) is 0 Å². The van der Waals surface area contributed by atoms with Crippen LogP contribution in [0.15, 0.2) is 5.11 Å². The molecule has 0 fully saturated rings. The van der Waals surface area contributed by atoms with Gasteiger partial charge in [-0.25, -0.2) is 0 Å². The summed E-state index contributed by atoms with van der Waals surface area (Å²) in [5, 5.41) is 3.82. The van der Waals surface area contributed by atoms with E-state index >= 15 is 0 Å². The van der Waals surface area contributed by atoms with Crippen molar-refractivity contribution in [1.82, 2.24) is 0 Å². The minimum Gasteiger partial charge on any atom is -0.299 e. The van der Waals surface area contributed by atoms with E-state index in [1.807, 2.05) is 6.92 Å². The van der Waals surface area contributed by atoms with Gasteiger partial charge in [-0.3, -0.25) is 4.79 Å². The molecule has 0 aliphatic rings. The first-order chi connectivity index (χ1) is 8.13. The molecule has 0 unspecified atom stereocenters. The molecule has 104 valence electrons. The van der Waals surface area contributed by atoms with Gasteiger partial charge < -0.3 is 0 Å². The Kier molecular flexibility index (Phi) is 6.10. The Morgan fingerprint density at radius 3 is 2.06 bits per heavy atom. The predicted octanol–water partition coefficient (Wildman–Crippen LogP) is 4.93. The van der Waals surface area contributed by atoms with Crippen LogP contribution in [0.2, 0.25) is 23.7 Å². The molecule has 0 spiro atoms. The zero-order valence-electron chi connectivity index (χ0n) is 12.8. The SMILES string of the molecule is CC[C@H](C(=O)[C@@H](CC)N=[N+]=[N-])[Si](C)(C)C(C)(C)C. The predicted molar refractivity (Wildman–Crippen MR) is 79.5 cm³/mol. The Hall–Kier alpha value is -0.803. The summed E-state index contributed by atoms with van der Waals surface area (Å²) in [5.41, 5.74) is 8.61. The molecular formula is C13H27N3OSi. The number of hydrogen-bond donors (Lipinski definition) is 0. The fourth-order valence-corrected chi connectivity index (χ4v) is 5.19. The van der Waals surface area contributed by atoms with Crippen LogP contribution >= 0.6 is 0 Å². The van der Waals surface area contributed by atoms with E-state index in [0.717, 1.165) is 6.42 Å². The number of carbonyl (C=O) groups excluding carboxylic acids is 1. The first-order valence-corrected chi connectivity index (χ1v) is 9.79. The molecule has 0 aromatic carbocycles. The molecule has 0 heterocycles. The van der Waals surface area contributed by atoms with Crippen LogP contribution in [0.3, 0.4) is 0 Å². The summed E-state index contributed by atoms with van der Waals surface area (Å²) in [5.74, 6) is 0.143. The van der Waals surface area contributed by atoms with Gasteiger partial charge in [0, 0.05) is 10.5 Å². The van der Waals surface area contributed by atoms with Gasteiger partial charge in [-0.05, 0) is 23.4 Å². The van der Waals surface area contributed by atoms with E-state index in [4.69, 9.17) is 5.53 Å². The van der Waals surface area contributed by atoms with Gasteiger partial charge in [-0.1, -0.05) is 52.8 Å². The molecule has 2 atom stereocenters. The number of ketones is 1. The molecule has 0 amide bonds. The fraction of sp³-hybridized carbons (Fsp3) is 0.923. The first kappa shape index (κ1) is 17.2. The van der Waals surface area contributed by atoms with Crippen LogP contribution in [0.25, 0.3) is 10.4 Å². The minimum atomic E-state index is -1.74. The van der Waals surface area contributed by atoms with Crippen LogP contribution in [0, 0.1) is 0 Å². The number of hydrogen-bond acceptors (Lipinski definition) is 2. The standard InChI is InChI=1S/C13H27N3OSi/c1-8-10(15-16-14)12(17)11(9-2)18(6,7)13(3,4)5/h10-11H,8-9H2,1-7H3/t10-,11-/m1/s1. The molecule has 0 aromatic heterocycles. The van der Waals surface area contributed by atoms with Crippen LogP contribution in [-0.2, 0) is 4.79 Å². The van der Waals surface area contributed by atoms with E-state index in [1.54, 1.807) is 0 Å². The molecule has 0 N–H and O–H groups in total. The third-order valence-corrected chi connectivity index (χ3v) is 10.8. The van der Waals surface area contributed by atoms with Gasteiger partial charge in [0.15, 0.2) is 0 Å². The van der Waals surface area contributed by atoms with Crippen molar-refractivity contribution in [1.29, 1.82) is 0 Å². The van der Waals surface area contributed by atoms with Gasteiger partial charge in [0.2, 0.25) is 0 Å². The lowest BCUT2D eigenvalue weighted by molar-refractivity contribution is -0.120. The maximum Gasteiger partial charge on any atom is 0.142 e. The fourth-order valence-electron chi connectivity index (χ4n) is 2.22. The zero-order valence-corrected chi connectivity index (χ0v) is 13.8. The van der Waals surface area contributed by atoms with Gasteiger partial charge >= 0.3 is 0 Å². The molecule has 0 saturated carbocycles. The number of nitrogens with zero attached hydrogens (tertiary/aromatic N) is 3. The van der Waals surface area contributed by atoms with E-state index < -0.39 is 14.1 Å². The summed E-state index contributed by atoms with van der Waals surface area (Å²) in [4.78, 5) is 15.4. The van der Waals surface area contributed by atoms with Crippen LogP contribution in [-0.4, -0.2) is 19.9 Å². The van der Waals surface area contributed by atoms with E-state index in [9.17, 15) is 4.79 Å². The summed E-state index contributed by atoms with van der Waals surface area (Å²) in [6.45, 7) is 15.1. The monoisotopic (exact) mass is 269 g/mol. The Bertz CT molecular complexity index is 341. The number of carbonyl (C=O) groups is 1. The highest BCUT2D eigenvalue weighted by Gasteiger charge is 2.45. The molecule has 0 aliphatic carbocycles. The van der Waals surface area contributed by atoms with Crippen molar-refractivity contribution in [2.24, 2.45) is 5.11 Å². The molecule has 0 rings (SSSR count). The normalized spacial score (nSPS) is 15.7. The largest absolute Gasteiger partial charge is 0.299 e. The van der Waals surface area contributed by atoms with Gasteiger partial charge in [-0.15, -0.1) is 0 Å². The number of Topliss-reactive ketones (excluding diaryl/α,β-unsaturated/α-hetero) is 1. The summed E-state index contributed by atoms with van der Waals surface area (Å²) in [6, 6.07) is -0.492. The van der Waals surface area contributed by atoms with E-state index in [-0.39, 0.29) is 16.4 Å². The summed E-state index contributed by atoms with van der Waals surface area (Å²) in [7, 11) is -1.74. The Morgan fingerprint density at radius 1 is 1.28 bits per heavy atom. The van der Waals surface area contributed by atoms with Crippen molar-refractivity contribution >= 4 is 13.9 Å². The summed E-state index contributed by atoms with van der Waals surface area (Å²) < 4.78 is 0. The van der Waals surface area contributed by atoms with Crippen molar-refractivity contribution in [3.8, 4) is 0 Å². The maximum atomic E-state index is 12.6. The first-order valence-electron chi connectivity index (χ1n) is 6.71. The van der Waals surface area contributed by atoms with Crippen LogP contribution in [0.4, 0.5) is 0 Å². The molecule has 0 bridgehead atoms. The van der Waals surface area contributed by atoms with Crippen LogP contribution in [0.5, 0.6) is 0 Å². The minimum absolute atomic E-state index is 0.0629. The lowest BCUT2D eigenvalue weighted by Crippen LogP contribution is -2.47. The second-order valence-corrected chi connectivity index (χ2v) is 12.1. The third-order valence-electron chi connectivity index (χ3n) is 4.46. The molecule has 5 heteroatoms. The Labute approximate surface area is 112 Å². The van der Waals surface area contributed by atoms with Crippen molar-refractivity contribution in [2.75, 3.05) is 0 Å². The van der Waals surface area contributed by atoms with Gasteiger partial charge in [0.1, 0.15) is 5.78 Å². The summed E-state index contributed by atoms with van der Waals surface area (Å²) >= 11 is 0. The number of rotatable bonds is 6. The lowest BCUT2D eigenvalue weighted by Gasteiger charge is -2.43. The van der Waals surface area contributed by atoms with Crippen molar-refractivity contribution in [2.45, 2.75) is 77.2 Å². The zero-order chi connectivity index (χ0) is 14.6. The Morgan fingerprint density at radius 2 is 1.78 bits per heavy atom. The van der Waals surface area contributed by atoms with Crippen LogP contribution < -0.4 is 0 Å². The third kappa shape index (κ3) is 3.59. The summed E-state index contributed by atoms with van der Waals surface area (Å²) in [6.07, 6.45) is 1.43. The molecule has 0 aromatic rings. The molecule has 18 heavy (non-hydrogen) atoms.